The summed E-state index contributed by atoms with van der Waals surface area (Å²) in [7, 11) is 0. The number of pyridine rings is 1. The average Bonchev–Trinajstić information content (AvgIpc) is 2.69. The fraction of sp³-hybridized carbons (Fsp3) is 0.261. The molecular weight excluding hydrogens is 371 g/mol. The predicted octanol–water partition coefficient (Wildman–Crippen LogP) is 4.20. The van der Waals surface area contributed by atoms with Gasteiger partial charge in [0.2, 0.25) is 0 Å². The molecule has 2 aromatic carbocycles. The number of hydrogen-bond acceptors (Lipinski definition) is 4. The molecule has 0 fully saturated rings. The molecule has 1 heterocycles. The molecule has 3 aromatic rings. The Morgan fingerprint density at radius 2 is 1.90 bits per heavy atom. The standard InChI is InChI=1S/C23H23FN2O3/c1-4-26(13-17-6-5-7-18(24)12-17)22(27)14-29-23(28)20-11-16(3)25-21-9-8-15(2)10-19(20)21/h5-12H,4,13-14H2,1-3H3. The third kappa shape index (κ3) is 4.96. The highest BCUT2D eigenvalue weighted by Crippen LogP contribution is 2.21. The van der Waals surface area contributed by atoms with E-state index in [2.05, 4.69) is 4.98 Å². The molecule has 0 bridgehead atoms. The number of likely N-dealkylation sites (N-methyl/N-ethyl adjacent to an activating group) is 1. The second kappa shape index (κ2) is 8.82. The molecule has 0 aliphatic rings. The van der Waals surface area contributed by atoms with Crippen LogP contribution >= 0.6 is 0 Å². The number of carbonyl (C=O) groups is 2. The maximum absolute atomic E-state index is 13.4. The number of halogens is 1. The fourth-order valence-electron chi connectivity index (χ4n) is 3.17. The van der Waals surface area contributed by atoms with E-state index in [0.717, 1.165) is 5.56 Å². The van der Waals surface area contributed by atoms with Gasteiger partial charge in [0.25, 0.3) is 5.91 Å². The molecular formula is C23H23FN2O3. The van der Waals surface area contributed by atoms with Crippen molar-refractivity contribution in [3.05, 3.63) is 76.7 Å². The Kier molecular flexibility index (Phi) is 6.22. The van der Waals surface area contributed by atoms with Gasteiger partial charge in [-0.1, -0.05) is 23.8 Å². The van der Waals surface area contributed by atoms with E-state index in [1.54, 1.807) is 25.1 Å². The quantitative estimate of drug-likeness (QED) is 0.588. The Labute approximate surface area is 169 Å². The molecule has 29 heavy (non-hydrogen) atoms. The molecule has 0 N–H and O–H groups in total. The number of carbonyl (C=O) groups excluding carboxylic acids is 2. The number of rotatable bonds is 6. The van der Waals surface area contributed by atoms with Crippen LogP contribution in [0.4, 0.5) is 4.39 Å². The summed E-state index contributed by atoms with van der Waals surface area (Å²) in [6.45, 7) is 5.85. The predicted molar refractivity (Wildman–Crippen MR) is 109 cm³/mol. The minimum atomic E-state index is -0.568. The van der Waals surface area contributed by atoms with Gasteiger partial charge < -0.3 is 9.64 Å². The van der Waals surface area contributed by atoms with Crippen LogP contribution in [0.5, 0.6) is 0 Å². The summed E-state index contributed by atoms with van der Waals surface area (Å²) in [5, 5.41) is 0.695. The first-order valence-electron chi connectivity index (χ1n) is 9.44. The molecule has 0 spiro atoms. The van der Waals surface area contributed by atoms with Gasteiger partial charge in [-0.25, -0.2) is 9.18 Å². The Morgan fingerprint density at radius 3 is 2.62 bits per heavy atom. The van der Waals surface area contributed by atoms with Crippen LogP contribution in [0.3, 0.4) is 0 Å². The fourth-order valence-corrected chi connectivity index (χ4v) is 3.17. The summed E-state index contributed by atoms with van der Waals surface area (Å²) >= 11 is 0. The molecule has 6 heteroatoms. The summed E-state index contributed by atoms with van der Waals surface area (Å²) in [5.74, 6) is -1.26. The molecule has 0 unspecified atom stereocenters. The van der Waals surface area contributed by atoms with Crippen LogP contribution in [-0.2, 0) is 16.1 Å². The summed E-state index contributed by atoms with van der Waals surface area (Å²) in [5.41, 5.74) is 3.46. The lowest BCUT2D eigenvalue weighted by Crippen LogP contribution is -2.34. The van der Waals surface area contributed by atoms with E-state index >= 15 is 0 Å². The van der Waals surface area contributed by atoms with Crippen molar-refractivity contribution >= 4 is 22.8 Å². The van der Waals surface area contributed by atoms with E-state index in [1.807, 2.05) is 32.0 Å². The SMILES string of the molecule is CCN(Cc1cccc(F)c1)C(=O)COC(=O)c1cc(C)nc2ccc(C)cc12. The number of benzene rings is 2. The zero-order valence-electron chi connectivity index (χ0n) is 16.7. The van der Waals surface area contributed by atoms with E-state index in [9.17, 15) is 14.0 Å². The average molecular weight is 394 g/mol. The topological polar surface area (TPSA) is 59.5 Å². The summed E-state index contributed by atoms with van der Waals surface area (Å²) in [4.78, 5) is 31.1. The molecule has 150 valence electrons. The van der Waals surface area contributed by atoms with Crippen LogP contribution in [-0.4, -0.2) is 34.9 Å². The van der Waals surface area contributed by atoms with Crippen molar-refractivity contribution in [2.45, 2.75) is 27.3 Å². The third-order valence-corrected chi connectivity index (χ3v) is 4.64. The molecule has 0 aliphatic heterocycles. The second-order valence-electron chi connectivity index (χ2n) is 6.95. The largest absolute Gasteiger partial charge is 0.452 e. The van der Waals surface area contributed by atoms with Crippen molar-refractivity contribution in [1.82, 2.24) is 9.88 Å². The number of aryl methyl sites for hydroxylation is 2. The zero-order chi connectivity index (χ0) is 21.0. The van der Waals surface area contributed by atoms with Crippen molar-refractivity contribution in [3.63, 3.8) is 0 Å². The van der Waals surface area contributed by atoms with Crippen molar-refractivity contribution < 1.29 is 18.7 Å². The monoisotopic (exact) mass is 394 g/mol. The summed E-state index contributed by atoms with van der Waals surface area (Å²) < 4.78 is 18.7. The number of aromatic nitrogens is 1. The first-order chi connectivity index (χ1) is 13.9. The van der Waals surface area contributed by atoms with E-state index in [4.69, 9.17) is 4.74 Å². The summed E-state index contributed by atoms with van der Waals surface area (Å²) in [6.07, 6.45) is 0. The lowest BCUT2D eigenvalue weighted by Gasteiger charge is -2.21. The number of esters is 1. The van der Waals surface area contributed by atoms with E-state index in [-0.39, 0.29) is 24.9 Å². The second-order valence-corrected chi connectivity index (χ2v) is 6.95. The van der Waals surface area contributed by atoms with Crippen molar-refractivity contribution in [2.24, 2.45) is 0 Å². The first kappa shape index (κ1) is 20.5. The minimum Gasteiger partial charge on any atom is -0.452 e. The van der Waals surface area contributed by atoms with Gasteiger partial charge in [0.1, 0.15) is 5.82 Å². The van der Waals surface area contributed by atoms with Gasteiger partial charge in [-0.3, -0.25) is 9.78 Å². The normalized spacial score (nSPS) is 10.8. The number of hydrogen-bond donors (Lipinski definition) is 0. The third-order valence-electron chi connectivity index (χ3n) is 4.64. The minimum absolute atomic E-state index is 0.251. The first-order valence-corrected chi connectivity index (χ1v) is 9.44. The van der Waals surface area contributed by atoms with Gasteiger partial charge in [0.05, 0.1) is 11.1 Å². The lowest BCUT2D eigenvalue weighted by molar-refractivity contribution is -0.134. The molecule has 5 nitrogen and oxygen atoms in total. The zero-order valence-corrected chi connectivity index (χ0v) is 16.7. The highest BCUT2D eigenvalue weighted by Gasteiger charge is 2.18. The van der Waals surface area contributed by atoms with Crippen LogP contribution in [0.1, 0.15) is 34.1 Å². The van der Waals surface area contributed by atoms with Gasteiger partial charge in [-0.05, 0) is 56.7 Å². The molecule has 0 saturated heterocycles. The Morgan fingerprint density at radius 1 is 1.10 bits per heavy atom. The molecule has 0 atom stereocenters. The Hall–Kier alpha value is -3.28. The van der Waals surface area contributed by atoms with Crippen molar-refractivity contribution in [3.8, 4) is 0 Å². The number of ether oxygens (including phenoxy) is 1. The van der Waals surface area contributed by atoms with E-state index < -0.39 is 5.97 Å². The van der Waals surface area contributed by atoms with Gasteiger partial charge in [-0.2, -0.15) is 0 Å². The van der Waals surface area contributed by atoms with Crippen molar-refractivity contribution in [1.29, 1.82) is 0 Å². The molecule has 0 saturated carbocycles. The summed E-state index contributed by atoms with van der Waals surface area (Å²) in [6, 6.07) is 13.4. The Balaban J connectivity index is 1.72. The van der Waals surface area contributed by atoms with Crippen LogP contribution < -0.4 is 0 Å². The lowest BCUT2D eigenvalue weighted by atomic mass is 10.1. The van der Waals surface area contributed by atoms with Gasteiger partial charge in [0, 0.05) is 24.2 Å². The maximum atomic E-state index is 13.4. The number of amides is 1. The molecule has 0 aliphatic carbocycles. The highest BCUT2D eigenvalue weighted by molar-refractivity contribution is 6.04. The van der Waals surface area contributed by atoms with Crippen molar-refractivity contribution in [2.75, 3.05) is 13.2 Å². The highest BCUT2D eigenvalue weighted by atomic mass is 19.1. The van der Waals surface area contributed by atoms with E-state index in [0.29, 0.717) is 34.3 Å². The van der Waals surface area contributed by atoms with E-state index in [1.165, 1.54) is 17.0 Å². The van der Waals surface area contributed by atoms with Crippen LogP contribution in [0.2, 0.25) is 0 Å². The van der Waals surface area contributed by atoms with Crippen LogP contribution in [0.15, 0.2) is 48.5 Å². The molecule has 0 radical (unpaired) electrons. The Bertz CT molecular complexity index is 1070. The molecule has 1 amide bonds. The molecule has 1 aromatic heterocycles. The van der Waals surface area contributed by atoms with Crippen LogP contribution in [0.25, 0.3) is 10.9 Å². The number of fused-ring (bicyclic) bond motifs is 1. The maximum Gasteiger partial charge on any atom is 0.339 e. The molecule has 3 rings (SSSR count). The van der Waals surface area contributed by atoms with Gasteiger partial charge in [0.15, 0.2) is 6.61 Å². The van der Waals surface area contributed by atoms with Gasteiger partial charge in [-0.15, -0.1) is 0 Å². The van der Waals surface area contributed by atoms with Gasteiger partial charge >= 0.3 is 5.97 Å². The number of nitrogens with zero attached hydrogens (tertiary/aromatic N) is 2. The van der Waals surface area contributed by atoms with Crippen LogP contribution in [0, 0.1) is 19.7 Å². The smallest absolute Gasteiger partial charge is 0.339 e.